The number of rotatable bonds is 5. The summed E-state index contributed by atoms with van der Waals surface area (Å²) in [6, 6.07) is 7.13. The molecule has 0 unspecified atom stereocenters. The second-order valence-electron chi connectivity index (χ2n) is 6.06. The van der Waals surface area contributed by atoms with Gasteiger partial charge in [0.2, 0.25) is 0 Å². The Hall–Kier alpha value is -1.81. The van der Waals surface area contributed by atoms with E-state index in [1.807, 2.05) is 12.5 Å². The highest BCUT2D eigenvalue weighted by Crippen LogP contribution is 2.34. The fraction of sp³-hybridized carbons (Fsp3) is 0.471. The van der Waals surface area contributed by atoms with Crippen LogP contribution in [0.3, 0.4) is 0 Å². The Morgan fingerprint density at radius 3 is 3.05 bits per heavy atom. The molecule has 1 aliphatic heterocycles. The predicted molar refractivity (Wildman–Crippen MR) is 87.6 cm³/mol. The Labute approximate surface area is 126 Å². The molecule has 1 aliphatic rings. The van der Waals surface area contributed by atoms with Gasteiger partial charge in [-0.25, -0.2) is 4.98 Å². The molecule has 2 heterocycles. The monoisotopic (exact) mass is 284 g/mol. The molecule has 0 saturated carbocycles. The number of anilines is 1. The van der Waals surface area contributed by atoms with Crippen molar-refractivity contribution < 1.29 is 0 Å². The molecule has 0 bridgehead atoms. The van der Waals surface area contributed by atoms with E-state index >= 15 is 0 Å². The Morgan fingerprint density at radius 2 is 2.24 bits per heavy atom. The number of likely N-dealkylation sites (N-methyl/N-ethyl adjacent to an activating group) is 1. The molecule has 21 heavy (non-hydrogen) atoms. The van der Waals surface area contributed by atoms with Crippen molar-refractivity contribution in [3.63, 3.8) is 0 Å². The fourth-order valence-corrected chi connectivity index (χ4v) is 2.80. The number of para-hydroxylation sites is 1. The highest BCUT2D eigenvalue weighted by Gasteiger charge is 2.17. The standard InChI is InChI=1S/C17H24N4/c1-13(2)20(3)9-10-21-12-18-11-16(21)15-6-4-5-14-7-8-19-17(14)15/h4-6,11-13,19H,7-10H2,1-3H3. The van der Waals surface area contributed by atoms with E-state index in [-0.39, 0.29) is 0 Å². The molecule has 0 atom stereocenters. The van der Waals surface area contributed by atoms with Crippen molar-refractivity contribution >= 4 is 5.69 Å². The van der Waals surface area contributed by atoms with Crippen molar-refractivity contribution in [3.05, 3.63) is 36.3 Å². The lowest BCUT2D eigenvalue weighted by Crippen LogP contribution is -2.29. The molecule has 1 aromatic heterocycles. The van der Waals surface area contributed by atoms with Crippen LogP contribution in [0.1, 0.15) is 19.4 Å². The van der Waals surface area contributed by atoms with E-state index in [4.69, 9.17) is 0 Å². The van der Waals surface area contributed by atoms with Gasteiger partial charge in [-0.3, -0.25) is 0 Å². The van der Waals surface area contributed by atoms with Crippen molar-refractivity contribution in [2.75, 3.05) is 25.5 Å². The topological polar surface area (TPSA) is 33.1 Å². The van der Waals surface area contributed by atoms with Crippen LogP contribution in [0.15, 0.2) is 30.7 Å². The highest BCUT2D eigenvalue weighted by molar-refractivity contribution is 5.79. The Morgan fingerprint density at radius 1 is 1.38 bits per heavy atom. The molecule has 0 amide bonds. The van der Waals surface area contributed by atoms with Crippen LogP contribution in [0.2, 0.25) is 0 Å². The van der Waals surface area contributed by atoms with Crippen molar-refractivity contribution in [2.45, 2.75) is 32.9 Å². The van der Waals surface area contributed by atoms with Gasteiger partial charge in [0, 0.05) is 36.9 Å². The maximum Gasteiger partial charge on any atom is 0.0951 e. The van der Waals surface area contributed by atoms with Crippen LogP contribution >= 0.6 is 0 Å². The normalized spacial score (nSPS) is 13.8. The summed E-state index contributed by atoms with van der Waals surface area (Å²) in [7, 11) is 2.17. The molecular formula is C17H24N4. The number of aromatic nitrogens is 2. The zero-order chi connectivity index (χ0) is 14.8. The van der Waals surface area contributed by atoms with Crippen LogP contribution in [0, 0.1) is 0 Å². The minimum Gasteiger partial charge on any atom is -0.384 e. The summed E-state index contributed by atoms with van der Waals surface area (Å²) in [6.07, 6.45) is 5.04. The Kier molecular flexibility index (Phi) is 3.97. The van der Waals surface area contributed by atoms with Crippen LogP contribution in [0.25, 0.3) is 11.3 Å². The Bertz CT molecular complexity index is 615. The van der Waals surface area contributed by atoms with Gasteiger partial charge in [-0.15, -0.1) is 0 Å². The molecule has 0 saturated heterocycles. The van der Waals surface area contributed by atoms with Gasteiger partial charge in [0.15, 0.2) is 0 Å². The molecule has 3 rings (SSSR count). The molecule has 4 heteroatoms. The first kappa shape index (κ1) is 14.1. The molecular weight excluding hydrogens is 260 g/mol. The molecule has 0 spiro atoms. The van der Waals surface area contributed by atoms with Gasteiger partial charge in [0.1, 0.15) is 0 Å². The highest BCUT2D eigenvalue weighted by atomic mass is 15.2. The van der Waals surface area contributed by atoms with E-state index in [1.54, 1.807) is 0 Å². The Balaban J connectivity index is 1.85. The van der Waals surface area contributed by atoms with Crippen LogP contribution < -0.4 is 5.32 Å². The molecule has 0 fully saturated rings. The summed E-state index contributed by atoms with van der Waals surface area (Å²) in [5.74, 6) is 0. The molecule has 112 valence electrons. The largest absolute Gasteiger partial charge is 0.384 e. The van der Waals surface area contributed by atoms with E-state index in [9.17, 15) is 0 Å². The number of nitrogens with zero attached hydrogens (tertiary/aromatic N) is 3. The van der Waals surface area contributed by atoms with Crippen molar-refractivity contribution in [3.8, 4) is 11.3 Å². The quantitative estimate of drug-likeness (QED) is 0.916. The zero-order valence-corrected chi connectivity index (χ0v) is 13.1. The van der Waals surface area contributed by atoms with E-state index in [0.29, 0.717) is 6.04 Å². The van der Waals surface area contributed by atoms with Crippen LogP contribution in [-0.2, 0) is 13.0 Å². The van der Waals surface area contributed by atoms with Gasteiger partial charge in [-0.1, -0.05) is 18.2 Å². The second kappa shape index (κ2) is 5.90. The third-order valence-electron chi connectivity index (χ3n) is 4.41. The summed E-state index contributed by atoms with van der Waals surface area (Å²) < 4.78 is 2.26. The van der Waals surface area contributed by atoms with Gasteiger partial charge >= 0.3 is 0 Å². The van der Waals surface area contributed by atoms with Gasteiger partial charge in [0.05, 0.1) is 18.2 Å². The first-order valence-corrected chi connectivity index (χ1v) is 7.73. The van der Waals surface area contributed by atoms with Crippen molar-refractivity contribution in [1.82, 2.24) is 14.5 Å². The molecule has 4 nitrogen and oxygen atoms in total. The van der Waals surface area contributed by atoms with E-state index < -0.39 is 0 Å². The van der Waals surface area contributed by atoms with Crippen molar-refractivity contribution in [1.29, 1.82) is 0 Å². The second-order valence-corrected chi connectivity index (χ2v) is 6.06. The van der Waals surface area contributed by atoms with E-state index in [2.05, 4.69) is 58.9 Å². The lowest BCUT2D eigenvalue weighted by molar-refractivity contribution is 0.263. The van der Waals surface area contributed by atoms with Gasteiger partial charge in [0.25, 0.3) is 0 Å². The van der Waals surface area contributed by atoms with Crippen LogP contribution in [-0.4, -0.2) is 40.6 Å². The fourth-order valence-electron chi connectivity index (χ4n) is 2.80. The lowest BCUT2D eigenvalue weighted by atomic mass is 10.1. The number of fused-ring (bicyclic) bond motifs is 1. The minimum absolute atomic E-state index is 0.569. The third kappa shape index (κ3) is 2.81. The third-order valence-corrected chi connectivity index (χ3v) is 4.41. The summed E-state index contributed by atoms with van der Waals surface area (Å²) in [5.41, 5.74) is 5.18. The maximum atomic E-state index is 4.36. The number of benzene rings is 1. The average molecular weight is 284 g/mol. The molecule has 1 aromatic carbocycles. The summed E-state index contributed by atoms with van der Waals surface area (Å²) in [6.45, 7) is 7.49. The number of hydrogen-bond donors (Lipinski definition) is 1. The SMILES string of the molecule is CC(C)N(C)CCn1cncc1-c1cccc2c1NCC2. The number of hydrogen-bond acceptors (Lipinski definition) is 3. The first-order valence-electron chi connectivity index (χ1n) is 7.73. The van der Waals surface area contributed by atoms with Gasteiger partial charge in [-0.2, -0.15) is 0 Å². The van der Waals surface area contributed by atoms with Crippen LogP contribution in [0.5, 0.6) is 0 Å². The average Bonchev–Trinajstić information content (AvgIpc) is 3.12. The van der Waals surface area contributed by atoms with E-state index in [0.717, 1.165) is 26.1 Å². The summed E-state index contributed by atoms with van der Waals surface area (Å²) in [5, 5.41) is 3.52. The van der Waals surface area contributed by atoms with Crippen LogP contribution in [0.4, 0.5) is 5.69 Å². The van der Waals surface area contributed by atoms with Gasteiger partial charge < -0.3 is 14.8 Å². The van der Waals surface area contributed by atoms with Crippen molar-refractivity contribution in [2.24, 2.45) is 0 Å². The smallest absolute Gasteiger partial charge is 0.0951 e. The number of imidazole rings is 1. The zero-order valence-electron chi connectivity index (χ0n) is 13.1. The van der Waals surface area contributed by atoms with Gasteiger partial charge in [-0.05, 0) is 32.9 Å². The van der Waals surface area contributed by atoms with E-state index in [1.165, 1.54) is 22.5 Å². The summed E-state index contributed by atoms with van der Waals surface area (Å²) in [4.78, 5) is 6.72. The summed E-state index contributed by atoms with van der Waals surface area (Å²) >= 11 is 0. The maximum absolute atomic E-state index is 4.36. The molecule has 0 aliphatic carbocycles. The number of nitrogens with one attached hydrogen (secondary N) is 1. The predicted octanol–water partition coefficient (Wildman–Crippen LogP) is 2.86. The lowest BCUT2D eigenvalue weighted by Gasteiger charge is -2.21. The molecule has 1 N–H and O–H groups in total. The minimum atomic E-state index is 0.569. The molecule has 0 radical (unpaired) electrons. The first-order chi connectivity index (χ1) is 10.2. The molecule has 2 aromatic rings.